The van der Waals surface area contributed by atoms with Crippen LogP contribution >= 0.6 is 0 Å². The molecule has 0 spiro atoms. The molecule has 58 heavy (non-hydrogen) atoms. The molecule has 0 fully saturated rings. The first-order chi connectivity index (χ1) is 28.5. The SMILES string of the molecule is CC1(C)c2ccccc2-c2ccc(-c3cc(-c4ccccc4)cc4c3oc3c(-c5cccc(-c6nc(-c7ccccc7)nc(-c7ccccc7)n6)c5)cccc34)cc21. The summed E-state index contributed by atoms with van der Waals surface area (Å²) in [6, 6.07) is 66.1. The molecule has 2 heterocycles. The van der Waals surface area contributed by atoms with Gasteiger partial charge in [0.25, 0.3) is 0 Å². The lowest BCUT2D eigenvalue weighted by molar-refractivity contribution is 0.660. The van der Waals surface area contributed by atoms with Gasteiger partial charge in [0, 0.05) is 44.0 Å². The second-order valence-corrected chi connectivity index (χ2v) is 15.6. The zero-order valence-corrected chi connectivity index (χ0v) is 32.1. The van der Waals surface area contributed by atoms with Crippen LogP contribution in [0.25, 0.3) is 101 Å². The van der Waals surface area contributed by atoms with Crippen LogP contribution in [0.15, 0.2) is 192 Å². The molecule has 0 aliphatic heterocycles. The largest absolute Gasteiger partial charge is 0.455 e. The topological polar surface area (TPSA) is 51.8 Å². The summed E-state index contributed by atoms with van der Waals surface area (Å²) in [7, 11) is 0. The van der Waals surface area contributed by atoms with Crippen LogP contribution in [0.5, 0.6) is 0 Å². The molecule has 8 aromatic carbocycles. The third kappa shape index (κ3) is 5.56. The van der Waals surface area contributed by atoms with Gasteiger partial charge >= 0.3 is 0 Å². The summed E-state index contributed by atoms with van der Waals surface area (Å²) in [4.78, 5) is 14.9. The highest BCUT2D eigenvalue weighted by molar-refractivity contribution is 6.14. The molecule has 0 amide bonds. The normalized spacial score (nSPS) is 12.8. The molecule has 4 heteroatoms. The van der Waals surface area contributed by atoms with Crippen molar-refractivity contribution in [1.29, 1.82) is 0 Å². The molecule has 1 aliphatic rings. The molecule has 4 nitrogen and oxygen atoms in total. The van der Waals surface area contributed by atoms with Gasteiger partial charge in [-0.2, -0.15) is 0 Å². The molecule has 11 rings (SSSR count). The molecule has 0 radical (unpaired) electrons. The summed E-state index contributed by atoms with van der Waals surface area (Å²) >= 11 is 0. The number of hydrogen-bond donors (Lipinski definition) is 0. The van der Waals surface area contributed by atoms with Crippen molar-refractivity contribution in [2.75, 3.05) is 0 Å². The molecule has 0 unspecified atom stereocenters. The summed E-state index contributed by atoms with van der Waals surface area (Å²) in [5.74, 6) is 1.88. The highest BCUT2D eigenvalue weighted by atomic mass is 16.3. The van der Waals surface area contributed by atoms with E-state index in [2.05, 4.69) is 141 Å². The van der Waals surface area contributed by atoms with Gasteiger partial charge in [-0.1, -0.05) is 178 Å². The molecule has 0 atom stereocenters. The van der Waals surface area contributed by atoms with Crippen LogP contribution in [-0.2, 0) is 5.41 Å². The van der Waals surface area contributed by atoms with E-state index < -0.39 is 0 Å². The van der Waals surface area contributed by atoms with Gasteiger partial charge in [0.05, 0.1) is 0 Å². The molecule has 1 aliphatic carbocycles. The van der Waals surface area contributed by atoms with Crippen LogP contribution in [0, 0.1) is 0 Å². The van der Waals surface area contributed by atoms with Crippen LogP contribution in [-0.4, -0.2) is 15.0 Å². The number of fused-ring (bicyclic) bond motifs is 6. The van der Waals surface area contributed by atoms with Crippen molar-refractivity contribution >= 4 is 21.9 Å². The third-order valence-electron chi connectivity index (χ3n) is 11.7. The van der Waals surface area contributed by atoms with Crippen LogP contribution < -0.4 is 0 Å². The number of furan rings is 1. The van der Waals surface area contributed by atoms with Gasteiger partial charge in [-0.3, -0.25) is 0 Å². The number of para-hydroxylation sites is 1. The van der Waals surface area contributed by atoms with Crippen molar-refractivity contribution < 1.29 is 4.42 Å². The van der Waals surface area contributed by atoms with E-state index in [1.165, 1.54) is 27.8 Å². The van der Waals surface area contributed by atoms with Gasteiger partial charge in [-0.05, 0) is 68.8 Å². The Morgan fingerprint density at radius 2 is 0.845 bits per heavy atom. The van der Waals surface area contributed by atoms with Crippen molar-refractivity contribution in [3.63, 3.8) is 0 Å². The third-order valence-corrected chi connectivity index (χ3v) is 11.7. The predicted octanol–water partition coefficient (Wildman–Crippen LogP) is 14.1. The number of aromatic nitrogens is 3. The van der Waals surface area contributed by atoms with Crippen LogP contribution in [0.1, 0.15) is 25.0 Å². The molecule has 0 saturated carbocycles. The minimum Gasteiger partial charge on any atom is -0.455 e. The Morgan fingerprint density at radius 3 is 1.55 bits per heavy atom. The summed E-state index contributed by atoms with van der Waals surface area (Å²) in [6.45, 7) is 4.67. The smallest absolute Gasteiger partial charge is 0.164 e. The lowest BCUT2D eigenvalue weighted by atomic mass is 9.81. The highest BCUT2D eigenvalue weighted by Crippen LogP contribution is 2.51. The Bertz CT molecular complexity index is 3130. The van der Waals surface area contributed by atoms with E-state index in [0.29, 0.717) is 17.5 Å². The Hall–Kier alpha value is -7.43. The maximum Gasteiger partial charge on any atom is 0.164 e. The summed E-state index contributed by atoms with van der Waals surface area (Å²) in [5.41, 5.74) is 16.3. The molecule has 2 aromatic heterocycles. The monoisotopic (exact) mass is 743 g/mol. The van der Waals surface area contributed by atoms with E-state index in [4.69, 9.17) is 19.4 Å². The molecule has 274 valence electrons. The van der Waals surface area contributed by atoms with E-state index in [1.807, 2.05) is 60.7 Å². The van der Waals surface area contributed by atoms with Crippen molar-refractivity contribution in [1.82, 2.24) is 15.0 Å². The Morgan fingerprint density at radius 1 is 0.328 bits per heavy atom. The van der Waals surface area contributed by atoms with Crippen molar-refractivity contribution in [3.8, 4) is 78.7 Å². The zero-order chi connectivity index (χ0) is 38.8. The highest BCUT2D eigenvalue weighted by Gasteiger charge is 2.35. The average Bonchev–Trinajstić information content (AvgIpc) is 3.78. The fourth-order valence-electron chi connectivity index (χ4n) is 8.77. The number of nitrogens with zero attached hydrogens (tertiary/aromatic N) is 3. The number of benzene rings is 8. The van der Waals surface area contributed by atoms with E-state index in [0.717, 1.165) is 66.4 Å². The molecule has 0 saturated heterocycles. The van der Waals surface area contributed by atoms with Gasteiger partial charge < -0.3 is 4.42 Å². The first-order valence-electron chi connectivity index (χ1n) is 19.8. The minimum atomic E-state index is -0.119. The standard InChI is InChI=1S/C54H37N3O/c1-54(2)47-27-13-12-24-42(47)43-29-28-38(33-48(43)54)45-31-40(34-16-6-3-7-17-34)32-46-44-26-15-25-41(49(44)58-50(45)46)37-22-14-23-39(30-37)53-56-51(35-18-8-4-9-19-35)55-52(57-53)36-20-10-5-11-21-36/h3-33H,1-2H3. The van der Waals surface area contributed by atoms with E-state index in [1.54, 1.807) is 0 Å². The Kier molecular flexibility index (Phi) is 7.80. The van der Waals surface area contributed by atoms with Crippen LogP contribution in [0.4, 0.5) is 0 Å². The quantitative estimate of drug-likeness (QED) is 0.170. The molecular weight excluding hydrogens is 707 g/mol. The minimum absolute atomic E-state index is 0.119. The summed E-state index contributed by atoms with van der Waals surface area (Å²) in [5, 5.41) is 2.16. The maximum atomic E-state index is 7.11. The summed E-state index contributed by atoms with van der Waals surface area (Å²) < 4.78 is 7.11. The first kappa shape index (κ1) is 33.9. The molecule has 10 aromatic rings. The zero-order valence-electron chi connectivity index (χ0n) is 32.1. The Balaban J connectivity index is 1.09. The number of hydrogen-bond acceptors (Lipinski definition) is 4. The van der Waals surface area contributed by atoms with Gasteiger partial charge in [0.15, 0.2) is 17.5 Å². The van der Waals surface area contributed by atoms with Gasteiger partial charge in [-0.25, -0.2) is 15.0 Å². The van der Waals surface area contributed by atoms with E-state index in [9.17, 15) is 0 Å². The van der Waals surface area contributed by atoms with Crippen molar-refractivity contribution in [2.45, 2.75) is 19.3 Å². The van der Waals surface area contributed by atoms with Crippen LogP contribution in [0.3, 0.4) is 0 Å². The fraction of sp³-hybridized carbons (Fsp3) is 0.0556. The Labute approximate surface area is 337 Å². The van der Waals surface area contributed by atoms with Gasteiger partial charge in [0.2, 0.25) is 0 Å². The van der Waals surface area contributed by atoms with E-state index >= 15 is 0 Å². The van der Waals surface area contributed by atoms with Gasteiger partial charge in [0.1, 0.15) is 11.2 Å². The fourth-order valence-corrected chi connectivity index (χ4v) is 8.77. The molecular formula is C54H37N3O. The van der Waals surface area contributed by atoms with Gasteiger partial charge in [-0.15, -0.1) is 0 Å². The van der Waals surface area contributed by atoms with E-state index in [-0.39, 0.29) is 5.41 Å². The predicted molar refractivity (Wildman–Crippen MR) is 237 cm³/mol. The number of rotatable bonds is 6. The lowest BCUT2D eigenvalue weighted by Crippen LogP contribution is -2.14. The maximum absolute atomic E-state index is 7.11. The van der Waals surface area contributed by atoms with Crippen molar-refractivity contribution in [3.05, 3.63) is 199 Å². The lowest BCUT2D eigenvalue weighted by Gasteiger charge is -2.22. The average molecular weight is 744 g/mol. The summed E-state index contributed by atoms with van der Waals surface area (Å²) in [6.07, 6.45) is 0. The molecule has 0 N–H and O–H groups in total. The van der Waals surface area contributed by atoms with Crippen molar-refractivity contribution in [2.24, 2.45) is 0 Å². The second-order valence-electron chi connectivity index (χ2n) is 15.6. The van der Waals surface area contributed by atoms with Crippen LogP contribution in [0.2, 0.25) is 0 Å². The first-order valence-corrected chi connectivity index (χ1v) is 19.8. The molecule has 0 bridgehead atoms. The second kappa shape index (κ2) is 13.4.